The van der Waals surface area contributed by atoms with Crippen molar-refractivity contribution in [3.63, 3.8) is 0 Å². The molecule has 2 aliphatic rings. The first kappa shape index (κ1) is 19.2. The summed E-state index contributed by atoms with van der Waals surface area (Å²) in [5.41, 5.74) is 2.67. The molecule has 3 N–H and O–H groups in total. The molecule has 1 aromatic carbocycles. The number of sulfonamides is 1. The maximum Gasteiger partial charge on any atom is 0.238 e. The smallest absolute Gasteiger partial charge is 0.238 e. The largest absolute Gasteiger partial charge is 0.324 e. The van der Waals surface area contributed by atoms with Gasteiger partial charge in [-0.05, 0) is 50.1 Å². The van der Waals surface area contributed by atoms with Gasteiger partial charge in [-0.3, -0.25) is 4.99 Å². The molecule has 0 bridgehead atoms. The van der Waals surface area contributed by atoms with Gasteiger partial charge in [0.25, 0.3) is 0 Å². The van der Waals surface area contributed by atoms with Gasteiger partial charge < -0.3 is 9.88 Å². The van der Waals surface area contributed by atoms with Crippen molar-refractivity contribution in [1.82, 2.24) is 14.5 Å². The number of nitrogens with two attached hydrogens (primary N) is 1. The summed E-state index contributed by atoms with van der Waals surface area (Å²) >= 11 is 0. The number of anilines is 2. The van der Waals surface area contributed by atoms with Gasteiger partial charge in [-0.25, -0.2) is 18.5 Å². The van der Waals surface area contributed by atoms with Gasteiger partial charge in [0, 0.05) is 29.2 Å². The lowest BCUT2D eigenvalue weighted by Gasteiger charge is -2.40. The van der Waals surface area contributed by atoms with Crippen molar-refractivity contribution >= 4 is 38.9 Å². The molecule has 3 aromatic rings. The predicted octanol–water partition coefficient (Wildman–Crippen LogP) is 3.63. The predicted molar refractivity (Wildman–Crippen MR) is 117 cm³/mol. The van der Waals surface area contributed by atoms with Crippen molar-refractivity contribution in [1.29, 1.82) is 0 Å². The number of fused-ring (bicyclic) bond motifs is 4. The second kappa shape index (κ2) is 6.88. The molecule has 0 radical (unpaired) electrons. The Morgan fingerprint density at radius 1 is 1.17 bits per heavy atom. The third-order valence-electron chi connectivity index (χ3n) is 6.14. The van der Waals surface area contributed by atoms with Crippen molar-refractivity contribution in [2.45, 2.75) is 55.5 Å². The van der Waals surface area contributed by atoms with E-state index in [0.717, 1.165) is 23.9 Å². The van der Waals surface area contributed by atoms with E-state index in [-0.39, 0.29) is 16.5 Å². The fraction of sp³-hybridized carbons (Fsp3) is 0.381. The minimum atomic E-state index is -3.72. The molecular formula is C21H24N6O2S. The quantitative estimate of drug-likeness (QED) is 0.666. The first-order valence-electron chi connectivity index (χ1n) is 10.2. The molecule has 0 amide bonds. The maximum absolute atomic E-state index is 11.4. The Hall–Kier alpha value is -2.78. The highest BCUT2D eigenvalue weighted by Crippen LogP contribution is 2.42. The Kier molecular flexibility index (Phi) is 4.41. The van der Waals surface area contributed by atoms with Gasteiger partial charge in [-0.2, -0.15) is 4.98 Å². The molecule has 3 heterocycles. The zero-order valence-corrected chi connectivity index (χ0v) is 17.6. The summed E-state index contributed by atoms with van der Waals surface area (Å²) in [6, 6.07) is 8.47. The summed E-state index contributed by atoms with van der Waals surface area (Å²) in [7, 11) is -3.72. The van der Waals surface area contributed by atoms with E-state index in [1.165, 1.54) is 37.1 Å². The third-order valence-corrected chi connectivity index (χ3v) is 7.07. The van der Waals surface area contributed by atoms with Crippen LogP contribution in [0.15, 0.2) is 46.4 Å². The van der Waals surface area contributed by atoms with E-state index < -0.39 is 10.0 Å². The highest BCUT2D eigenvalue weighted by Gasteiger charge is 2.38. The number of nitrogens with zero attached hydrogens (tertiary/aromatic N) is 4. The fourth-order valence-electron chi connectivity index (χ4n) is 4.60. The lowest BCUT2D eigenvalue weighted by Crippen LogP contribution is -2.41. The number of hydrogen-bond acceptors (Lipinski definition) is 6. The number of nitrogens with one attached hydrogen (secondary N) is 1. The Morgan fingerprint density at radius 3 is 2.60 bits per heavy atom. The number of hydrogen-bond donors (Lipinski definition) is 2. The van der Waals surface area contributed by atoms with Gasteiger partial charge in [0.1, 0.15) is 5.65 Å². The van der Waals surface area contributed by atoms with Gasteiger partial charge in [-0.1, -0.05) is 19.3 Å². The number of benzene rings is 1. The van der Waals surface area contributed by atoms with Crippen LogP contribution in [0.3, 0.4) is 0 Å². The van der Waals surface area contributed by atoms with Gasteiger partial charge in [0.05, 0.1) is 16.5 Å². The van der Waals surface area contributed by atoms with Crippen LogP contribution in [-0.4, -0.2) is 29.2 Å². The third kappa shape index (κ3) is 3.18. The van der Waals surface area contributed by atoms with Gasteiger partial charge in [0.15, 0.2) is 0 Å². The molecule has 8 nitrogen and oxygen atoms in total. The van der Waals surface area contributed by atoms with Crippen LogP contribution in [0.4, 0.5) is 11.6 Å². The van der Waals surface area contributed by atoms with Crippen molar-refractivity contribution in [2.24, 2.45) is 10.1 Å². The minimum absolute atomic E-state index is 0.0672. The number of aliphatic imine (C=N–C) groups is 1. The summed E-state index contributed by atoms with van der Waals surface area (Å²) in [5, 5.41) is 9.34. The van der Waals surface area contributed by atoms with E-state index >= 15 is 0 Å². The first-order chi connectivity index (χ1) is 14.4. The van der Waals surface area contributed by atoms with Crippen LogP contribution >= 0.6 is 0 Å². The Balaban J connectivity index is 1.54. The van der Waals surface area contributed by atoms with Crippen LogP contribution in [0.5, 0.6) is 0 Å². The summed E-state index contributed by atoms with van der Waals surface area (Å²) in [6.45, 7) is 2.11. The van der Waals surface area contributed by atoms with Gasteiger partial charge >= 0.3 is 0 Å². The van der Waals surface area contributed by atoms with Crippen LogP contribution in [0.25, 0.3) is 11.0 Å². The molecule has 30 heavy (non-hydrogen) atoms. The monoisotopic (exact) mass is 424 g/mol. The standard InChI is InChI=1S/C21H24N6O2S/c1-14-18-11-15-12-23-20(25-16-5-7-17(8-6-16)30(22,28)29)26-19(15)27(18)21(13-24-14)9-3-2-4-10-21/h5-8,11-14H,2-4,9-10H2,1H3,(H2,22,28,29)(H,23,25,26). The molecule has 1 aliphatic carbocycles. The van der Waals surface area contributed by atoms with Crippen molar-refractivity contribution in [3.8, 4) is 0 Å². The van der Waals surface area contributed by atoms with Gasteiger partial charge in [0.2, 0.25) is 16.0 Å². The minimum Gasteiger partial charge on any atom is -0.324 e. The average Bonchev–Trinajstić information content (AvgIpc) is 3.12. The summed E-state index contributed by atoms with van der Waals surface area (Å²) in [6.07, 6.45) is 9.75. The molecule has 9 heteroatoms. The lowest BCUT2D eigenvalue weighted by molar-refractivity contribution is 0.277. The Bertz CT molecular complexity index is 1240. The highest BCUT2D eigenvalue weighted by molar-refractivity contribution is 7.89. The van der Waals surface area contributed by atoms with E-state index in [2.05, 4.69) is 34.1 Å². The Labute approximate surface area is 175 Å². The van der Waals surface area contributed by atoms with Crippen LogP contribution in [0.1, 0.15) is 50.8 Å². The van der Waals surface area contributed by atoms with E-state index in [1.54, 1.807) is 12.1 Å². The molecule has 5 rings (SSSR count). The summed E-state index contributed by atoms with van der Waals surface area (Å²) in [4.78, 5) is 14.2. The number of primary sulfonamides is 1. The lowest BCUT2D eigenvalue weighted by atomic mass is 9.81. The van der Waals surface area contributed by atoms with Crippen LogP contribution in [0.2, 0.25) is 0 Å². The van der Waals surface area contributed by atoms with Crippen LogP contribution in [0, 0.1) is 0 Å². The topological polar surface area (TPSA) is 115 Å². The molecule has 1 unspecified atom stereocenters. The van der Waals surface area contributed by atoms with Crippen molar-refractivity contribution in [3.05, 3.63) is 42.2 Å². The molecule has 1 fully saturated rings. The highest BCUT2D eigenvalue weighted by atomic mass is 32.2. The number of aromatic nitrogens is 3. The molecule has 0 saturated heterocycles. The molecule has 156 valence electrons. The Morgan fingerprint density at radius 2 is 1.90 bits per heavy atom. The first-order valence-corrected chi connectivity index (χ1v) is 11.7. The average molecular weight is 425 g/mol. The van der Waals surface area contributed by atoms with Crippen LogP contribution < -0.4 is 10.5 Å². The fourth-order valence-corrected chi connectivity index (χ4v) is 5.12. The number of rotatable bonds is 3. The van der Waals surface area contributed by atoms with Crippen LogP contribution in [-0.2, 0) is 15.6 Å². The van der Waals surface area contributed by atoms with E-state index in [1.807, 2.05) is 6.20 Å². The zero-order chi connectivity index (χ0) is 20.9. The van der Waals surface area contributed by atoms with E-state index in [9.17, 15) is 8.42 Å². The molecule has 1 saturated carbocycles. The summed E-state index contributed by atoms with van der Waals surface area (Å²) < 4.78 is 25.3. The zero-order valence-electron chi connectivity index (χ0n) is 16.7. The second-order valence-corrected chi connectivity index (χ2v) is 9.75. The summed E-state index contributed by atoms with van der Waals surface area (Å²) in [5.74, 6) is 0.466. The normalized spacial score (nSPS) is 20.4. The second-order valence-electron chi connectivity index (χ2n) is 8.19. The SMILES string of the molecule is CC1N=CC2(CCCCC2)n2c1cc1cnc(Nc3ccc(S(N)(=O)=O)cc3)nc12. The molecule has 1 atom stereocenters. The van der Waals surface area contributed by atoms with Gasteiger partial charge in [-0.15, -0.1) is 0 Å². The maximum atomic E-state index is 11.4. The van der Waals surface area contributed by atoms with Crippen molar-refractivity contribution in [2.75, 3.05) is 5.32 Å². The van der Waals surface area contributed by atoms with E-state index in [4.69, 9.17) is 15.1 Å². The molecule has 2 aromatic heterocycles. The molecule has 1 aliphatic heterocycles. The molecule has 1 spiro atoms. The van der Waals surface area contributed by atoms with E-state index in [0.29, 0.717) is 11.6 Å². The van der Waals surface area contributed by atoms with Crippen molar-refractivity contribution < 1.29 is 8.42 Å². The molecular weight excluding hydrogens is 400 g/mol.